The van der Waals surface area contributed by atoms with Gasteiger partial charge in [-0.1, -0.05) is 29.3 Å². The van der Waals surface area contributed by atoms with E-state index in [0.29, 0.717) is 10.0 Å². The van der Waals surface area contributed by atoms with Crippen LogP contribution in [0.2, 0.25) is 10.0 Å². The molecule has 0 saturated carbocycles. The molecule has 14 heavy (non-hydrogen) atoms. The molecule has 2 rings (SSSR count). The maximum absolute atomic E-state index is 5.95. The molecule has 1 unspecified atom stereocenters. The molecule has 1 saturated heterocycles. The fraction of sp³-hybridized carbons (Fsp3) is 0.455. The fourth-order valence-electron chi connectivity index (χ4n) is 1.72. The van der Waals surface area contributed by atoms with Crippen molar-refractivity contribution in [3.8, 4) is 0 Å². The number of hydrogen-bond donors (Lipinski definition) is 0. The first-order valence-corrected chi connectivity index (χ1v) is 5.59. The summed E-state index contributed by atoms with van der Waals surface area (Å²) in [5.41, 5.74) is 1.14. The highest BCUT2D eigenvalue weighted by molar-refractivity contribution is 6.42. The van der Waals surface area contributed by atoms with E-state index in [2.05, 4.69) is 0 Å². The normalized spacial score (nSPS) is 22.3. The van der Waals surface area contributed by atoms with Crippen molar-refractivity contribution >= 4 is 23.2 Å². The van der Waals surface area contributed by atoms with Gasteiger partial charge in [-0.15, -0.1) is 0 Å². The molecular formula is C11H12Cl2O. The van der Waals surface area contributed by atoms with Crippen molar-refractivity contribution in [3.63, 3.8) is 0 Å². The Kier molecular flexibility index (Phi) is 3.32. The van der Waals surface area contributed by atoms with Crippen LogP contribution in [-0.2, 0) is 4.74 Å². The van der Waals surface area contributed by atoms with E-state index in [9.17, 15) is 0 Å². The number of halogens is 2. The molecule has 1 aliphatic heterocycles. The lowest BCUT2D eigenvalue weighted by Crippen LogP contribution is -2.11. The van der Waals surface area contributed by atoms with E-state index in [0.717, 1.165) is 25.0 Å². The quantitative estimate of drug-likeness (QED) is 0.702. The number of hydrogen-bond acceptors (Lipinski definition) is 1. The number of rotatable bonds is 1. The molecule has 1 atom stereocenters. The van der Waals surface area contributed by atoms with Gasteiger partial charge in [0.15, 0.2) is 0 Å². The van der Waals surface area contributed by atoms with Crippen molar-refractivity contribution in [1.29, 1.82) is 0 Å². The van der Waals surface area contributed by atoms with Gasteiger partial charge in [0.1, 0.15) is 0 Å². The van der Waals surface area contributed by atoms with Crippen molar-refractivity contribution in [2.75, 3.05) is 6.61 Å². The Hall–Kier alpha value is -0.240. The minimum atomic E-state index is 0.207. The van der Waals surface area contributed by atoms with Crippen LogP contribution in [0.25, 0.3) is 0 Å². The maximum Gasteiger partial charge on any atom is 0.0825 e. The van der Waals surface area contributed by atoms with Gasteiger partial charge in [0, 0.05) is 6.61 Å². The molecule has 1 aliphatic rings. The highest BCUT2D eigenvalue weighted by Gasteiger charge is 2.16. The summed E-state index contributed by atoms with van der Waals surface area (Å²) in [5.74, 6) is 0. The summed E-state index contributed by atoms with van der Waals surface area (Å²) in [6.45, 7) is 0.852. The Morgan fingerprint density at radius 2 is 2.00 bits per heavy atom. The van der Waals surface area contributed by atoms with E-state index < -0.39 is 0 Å². The Morgan fingerprint density at radius 1 is 1.14 bits per heavy atom. The molecular weight excluding hydrogens is 219 g/mol. The average molecular weight is 231 g/mol. The van der Waals surface area contributed by atoms with Gasteiger partial charge in [-0.3, -0.25) is 0 Å². The average Bonchev–Trinajstić information content (AvgIpc) is 2.23. The van der Waals surface area contributed by atoms with Crippen LogP contribution < -0.4 is 0 Å². The predicted octanol–water partition coefficient (Wildman–Crippen LogP) is 4.24. The number of benzene rings is 1. The summed E-state index contributed by atoms with van der Waals surface area (Å²) in [6, 6.07) is 5.72. The van der Waals surface area contributed by atoms with Gasteiger partial charge in [-0.2, -0.15) is 0 Å². The lowest BCUT2D eigenvalue weighted by Gasteiger charge is -2.23. The van der Waals surface area contributed by atoms with Crippen LogP contribution >= 0.6 is 23.2 Å². The highest BCUT2D eigenvalue weighted by Crippen LogP contribution is 2.31. The zero-order valence-corrected chi connectivity index (χ0v) is 9.31. The molecule has 0 amide bonds. The standard InChI is InChI=1S/C11H12Cl2O/c12-9-5-4-8(7-10(9)13)11-3-1-2-6-14-11/h4-5,7,11H,1-3,6H2. The fourth-order valence-corrected chi connectivity index (χ4v) is 2.02. The molecule has 76 valence electrons. The predicted molar refractivity (Wildman–Crippen MR) is 59.0 cm³/mol. The monoisotopic (exact) mass is 230 g/mol. The van der Waals surface area contributed by atoms with Gasteiger partial charge < -0.3 is 4.74 Å². The molecule has 1 fully saturated rings. The maximum atomic E-state index is 5.95. The van der Waals surface area contributed by atoms with Crippen LogP contribution in [0.15, 0.2) is 18.2 Å². The van der Waals surface area contributed by atoms with E-state index in [1.807, 2.05) is 18.2 Å². The van der Waals surface area contributed by atoms with Crippen molar-refractivity contribution in [1.82, 2.24) is 0 Å². The van der Waals surface area contributed by atoms with Crippen LogP contribution in [0, 0.1) is 0 Å². The van der Waals surface area contributed by atoms with Gasteiger partial charge in [0.25, 0.3) is 0 Å². The largest absolute Gasteiger partial charge is 0.374 e. The second-order valence-electron chi connectivity index (χ2n) is 3.53. The van der Waals surface area contributed by atoms with Gasteiger partial charge >= 0.3 is 0 Å². The molecule has 1 aromatic rings. The molecule has 0 spiro atoms. The SMILES string of the molecule is Clc1ccc(C2CCCCO2)cc1Cl. The van der Waals surface area contributed by atoms with Crippen molar-refractivity contribution in [2.24, 2.45) is 0 Å². The third-order valence-electron chi connectivity index (χ3n) is 2.50. The van der Waals surface area contributed by atoms with Crippen molar-refractivity contribution in [3.05, 3.63) is 33.8 Å². The van der Waals surface area contributed by atoms with E-state index in [-0.39, 0.29) is 6.10 Å². The second-order valence-corrected chi connectivity index (χ2v) is 4.34. The van der Waals surface area contributed by atoms with Crippen LogP contribution in [0.5, 0.6) is 0 Å². The molecule has 1 nitrogen and oxygen atoms in total. The van der Waals surface area contributed by atoms with Gasteiger partial charge in [0.05, 0.1) is 16.1 Å². The molecule has 0 N–H and O–H groups in total. The zero-order valence-electron chi connectivity index (χ0n) is 7.80. The molecule has 0 bridgehead atoms. The number of ether oxygens (including phenoxy) is 1. The summed E-state index contributed by atoms with van der Waals surface area (Å²) in [5, 5.41) is 1.21. The Morgan fingerprint density at radius 3 is 2.64 bits per heavy atom. The van der Waals surface area contributed by atoms with Crippen molar-refractivity contribution < 1.29 is 4.74 Å². The van der Waals surface area contributed by atoms with Gasteiger partial charge in [-0.25, -0.2) is 0 Å². The highest BCUT2D eigenvalue weighted by atomic mass is 35.5. The molecule has 0 radical (unpaired) electrons. The summed E-state index contributed by atoms with van der Waals surface area (Å²) in [7, 11) is 0. The smallest absolute Gasteiger partial charge is 0.0825 e. The molecule has 0 aromatic heterocycles. The van der Waals surface area contributed by atoms with E-state index >= 15 is 0 Å². The molecule has 1 heterocycles. The van der Waals surface area contributed by atoms with Crippen molar-refractivity contribution in [2.45, 2.75) is 25.4 Å². The van der Waals surface area contributed by atoms with E-state index in [1.54, 1.807) is 0 Å². The lowest BCUT2D eigenvalue weighted by atomic mass is 10.0. The van der Waals surface area contributed by atoms with E-state index in [4.69, 9.17) is 27.9 Å². The summed E-state index contributed by atoms with van der Waals surface area (Å²) < 4.78 is 5.66. The van der Waals surface area contributed by atoms with Crippen LogP contribution in [0.3, 0.4) is 0 Å². The van der Waals surface area contributed by atoms with Crippen LogP contribution in [0.1, 0.15) is 30.9 Å². The first-order valence-electron chi connectivity index (χ1n) is 4.84. The molecule has 0 aliphatic carbocycles. The van der Waals surface area contributed by atoms with Crippen LogP contribution in [0.4, 0.5) is 0 Å². The molecule has 3 heteroatoms. The zero-order chi connectivity index (χ0) is 9.97. The Labute approximate surface area is 94.0 Å². The van der Waals surface area contributed by atoms with Gasteiger partial charge in [0.2, 0.25) is 0 Å². The van der Waals surface area contributed by atoms with Gasteiger partial charge in [-0.05, 0) is 37.0 Å². The summed E-state index contributed by atoms with van der Waals surface area (Å²) in [4.78, 5) is 0. The third-order valence-corrected chi connectivity index (χ3v) is 3.23. The minimum Gasteiger partial charge on any atom is -0.374 e. The minimum absolute atomic E-state index is 0.207. The van der Waals surface area contributed by atoms with E-state index in [1.165, 1.54) is 6.42 Å². The third kappa shape index (κ3) is 2.22. The van der Waals surface area contributed by atoms with Crippen LogP contribution in [-0.4, -0.2) is 6.61 Å². The first kappa shape index (κ1) is 10.3. The summed E-state index contributed by atoms with van der Waals surface area (Å²) in [6.07, 6.45) is 3.68. The Bertz CT molecular complexity index is 319. The lowest BCUT2D eigenvalue weighted by molar-refractivity contribution is 0.0149. The first-order chi connectivity index (χ1) is 6.77. The second kappa shape index (κ2) is 4.52. The summed E-state index contributed by atoms with van der Waals surface area (Å²) >= 11 is 11.8. The topological polar surface area (TPSA) is 9.23 Å². The molecule has 1 aromatic carbocycles. The Balaban J connectivity index is 2.18.